The summed E-state index contributed by atoms with van der Waals surface area (Å²) in [5.41, 5.74) is 7.01. The van der Waals surface area contributed by atoms with Crippen LogP contribution < -0.4 is 16.0 Å². The summed E-state index contributed by atoms with van der Waals surface area (Å²) >= 11 is 1.56. The zero-order valence-corrected chi connectivity index (χ0v) is 15.2. The summed E-state index contributed by atoms with van der Waals surface area (Å²) in [6.07, 6.45) is 7.98. The van der Waals surface area contributed by atoms with Gasteiger partial charge < -0.3 is 20.9 Å². The number of nitrogens with zero attached hydrogens (tertiary/aromatic N) is 4. The van der Waals surface area contributed by atoms with E-state index in [9.17, 15) is 4.79 Å². The van der Waals surface area contributed by atoms with Crippen LogP contribution in [0.25, 0.3) is 11.2 Å². The lowest BCUT2D eigenvalue weighted by molar-refractivity contribution is -0.119. The molecule has 1 saturated carbocycles. The van der Waals surface area contributed by atoms with Crippen molar-refractivity contribution in [2.75, 3.05) is 23.7 Å². The van der Waals surface area contributed by atoms with Crippen molar-refractivity contribution in [3.63, 3.8) is 0 Å². The van der Waals surface area contributed by atoms with Crippen molar-refractivity contribution in [2.45, 2.75) is 24.8 Å². The van der Waals surface area contributed by atoms with Crippen molar-refractivity contribution in [2.24, 2.45) is 5.73 Å². The number of halogens is 1. The number of amides is 1. The number of fused-ring (bicyclic) bond motifs is 1. The Bertz CT molecular complexity index is 799. The molecule has 2 aromatic heterocycles. The summed E-state index contributed by atoms with van der Waals surface area (Å²) in [6.45, 7) is 1.25. The van der Waals surface area contributed by atoms with E-state index in [1.54, 1.807) is 18.1 Å². The average molecular weight is 382 g/mol. The first-order valence-electron chi connectivity index (χ1n) is 7.99. The normalized spacial score (nSPS) is 18.9. The van der Waals surface area contributed by atoms with Gasteiger partial charge in [-0.3, -0.25) is 4.79 Å². The second-order valence-electron chi connectivity index (χ2n) is 6.12. The molecule has 0 spiro atoms. The Kier molecular flexibility index (Phi) is 5.16. The van der Waals surface area contributed by atoms with Gasteiger partial charge in [0.05, 0.1) is 16.8 Å². The number of hydrogen-bond acceptors (Lipinski definition) is 7. The highest BCUT2D eigenvalue weighted by molar-refractivity contribution is 8.04. The van der Waals surface area contributed by atoms with Crippen LogP contribution in [0.4, 0.5) is 5.82 Å². The van der Waals surface area contributed by atoms with Crippen LogP contribution in [0.15, 0.2) is 23.8 Å². The summed E-state index contributed by atoms with van der Waals surface area (Å²) in [5, 5.41) is 3.12. The molecule has 0 unspecified atom stereocenters. The Balaban J connectivity index is 0.00000182. The molecule has 8 nitrogen and oxygen atoms in total. The van der Waals surface area contributed by atoms with Crippen molar-refractivity contribution >= 4 is 47.1 Å². The van der Waals surface area contributed by atoms with E-state index in [0.717, 1.165) is 31.6 Å². The lowest BCUT2D eigenvalue weighted by atomic mass is 9.77. The van der Waals surface area contributed by atoms with Gasteiger partial charge in [0, 0.05) is 25.0 Å². The molecule has 3 heterocycles. The maximum absolute atomic E-state index is 12.6. The van der Waals surface area contributed by atoms with Crippen LogP contribution in [0.2, 0.25) is 0 Å². The molecule has 0 atom stereocenters. The number of carbonyl (C=O) groups excluding carboxylic acids is 1. The monoisotopic (exact) mass is 381 g/mol. The lowest BCUT2D eigenvalue weighted by Gasteiger charge is -2.42. The Morgan fingerprint density at radius 1 is 1.40 bits per heavy atom. The van der Waals surface area contributed by atoms with Crippen molar-refractivity contribution in [3.8, 4) is 0 Å². The molecule has 0 radical (unpaired) electrons. The van der Waals surface area contributed by atoms with Crippen LogP contribution in [-0.2, 0) is 4.79 Å². The highest BCUT2D eigenvalue weighted by Crippen LogP contribution is 2.33. The molecule has 2 aromatic rings. The number of aromatic amines is 1. The Morgan fingerprint density at radius 3 is 2.96 bits per heavy atom. The largest absolute Gasteiger partial charge is 0.345 e. The number of nitrogens with two attached hydrogens (primary N) is 1. The van der Waals surface area contributed by atoms with Gasteiger partial charge in [-0.1, -0.05) is 0 Å². The molecule has 1 aliphatic heterocycles. The molecule has 1 amide bonds. The van der Waals surface area contributed by atoms with Gasteiger partial charge in [0.1, 0.15) is 6.33 Å². The molecular weight excluding hydrogens is 362 g/mol. The average Bonchev–Trinajstić information content (AvgIpc) is 3.06. The van der Waals surface area contributed by atoms with Gasteiger partial charge in [-0.05, 0) is 19.3 Å². The second-order valence-corrected chi connectivity index (χ2v) is 7.26. The Morgan fingerprint density at radius 2 is 2.24 bits per heavy atom. The highest BCUT2D eigenvalue weighted by atomic mass is 35.5. The van der Waals surface area contributed by atoms with Gasteiger partial charge in [-0.2, -0.15) is 0 Å². The van der Waals surface area contributed by atoms with Gasteiger partial charge in [0.15, 0.2) is 17.0 Å². The van der Waals surface area contributed by atoms with Crippen LogP contribution >= 0.6 is 24.2 Å². The third kappa shape index (κ3) is 3.31. The molecule has 10 heteroatoms. The van der Waals surface area contributed by atoms with Crippen molar-refractivity contribution in [1.82, 2.24) is 25.3 Å². The molecule has 0 saturated heterocycles. The molecule has 4 N–H and O–H groups in total. The van der Waals surface area contributed by atoms with E-state index in [-0.39, 0.29) is 23.9 Å². The van der Waals surface area contributed by atoms with E-state index in [2.05, 4.69) is 25.3 Å². The molecular formula is C15H20ClN7OS. The van der Waals surface area contributed by atoms with Crippen molar-refractivity contribution < 1.29 is 4.79 Å². The molecule has 0 bridgehead atoms. The van der Waals surface area contributed by atoms with Gasteiger partial charge in [0.25, 0.3) is 5.91 Å². The van der Waals surface area contributed by atoms with Gasteiger partial charge in [-0.25, -0.2) is 15.0 Å². The third-order valence-corrected chi connectivity index (χ3v) is 5.63. The van der Waals surface area contributed by atoms with E-state index in [0.29, 0.717) is 28.4 Å². The van der Waals surface area contributed by atoms with Crippen LogP contribution in [-0.4, -0.2) is 50.2 Å². The first-order chi connectivity index (χ1) is 11.7. The quantitative estimate of drug-likeness (QED) is 0.728. The summed E-state index contributed by atoms with van der Waals surface area (Å²) in [6, 6.07) is 0. The van der Waals surface area contributed by atoms with Gasteiger partial charge in [0.2, 0.25) is 0 Å². The minimum Gasteiger partial charge on any atom is -0.345 e. The minimum atomic E-state index is -0.217. The van der Waals surface area contributed by atoms with Crippen LogP contribution in [0, 0.1) is 0 Å². The molecule has 134 valence electrons. The Hall–Kier alpha value is -1.84. The first kappa shape index (κ1) is 18.0. The number of nitrogens with one attached hydrogen (secondary N) is 2. The van der Waals surface area contributed by atoms with Gasteiger partial charge >= 0.3 is 0 Å². The SMILES string of the molecule is Cl.NCC1(NC(=O)C2=CN(c3ncnc4[nH]cnc34)CCS2)CCC1. The minimum absolute atomic E-state index is 0. The summed E-state index contributed by atoms with van der Waals surface area (Å²) in [7, 11) is 0. The number of anilines is 1. The predicted octanol–water partition coefficient (Wildman–Crippen LogP) is 1.17. The lowest BCUT2D eigenvalue weighted by Crippen LogP contribution is -2.58. The van der Waals surface area contributed by atoms with Crippen molar-refractivity contribution in [3.05, 3.63) is 23.8 Å². The summed E-state index contributed by atoms with van der Waals surface area (Å²) in [5.74, 6) is 1.47. The Labute approximate surface area is 155 Å². The zero-order chi connectivity index (χ0) is 16.6. The fraction of sp³-hybridized carbons (Fsp3) is 0.467. The topological polar surface area (TPSA) is 113 Å². The number of carbonyl (C=O) groups is 1. The fourth-order valence-electron chi connectivity index (χ4n) is 3.04. The standard InChI is InChI=1S/C15H19N7OS.ClH/c16-7-15(2-1-3-15)21-14(23)10-6-22(4-5-24-10)13-11-12(18-8-17-11)19-9-20-13;/h6,8-9H,1-5,7,16H2,(H,21,23)(H,17,18,19,20);1H. The second kappa shape index (κ2) is 7.19. The van der Waals surface area contributed by atoms with Crippen LogP contribution in [0.3, 0.4) is 0 Å². The summed E-state index contributed by atoms with van der Waals surface area (Å²) < 4.78 is 0. The molecule has 1 aliphatic carbocycles. The third-order valence-electron chi connectivity index (χ3n) is 4.64. The number of rotatable bonds is 4. The van der Waals surface area contributed by atoms with Crippen molar-refractivity contribution in [1.29, 1.82) is 0 Å². The molecule has 0 aromatic carbocycles. The highest BCUT2D eigenvalue weighted by Gasteiger charge is 2.38. The van der Waals surface area contributed by atoms with E-state index in [1.807, 2.05) is 11.1 Å². The summed E-state index contributed by atoms with van der Waals surface area (Å²) in [4.78, 5) is 31.0. The first-order valence-corrected chi connectivity index (χ1v) is 8.97. The fourth-order valence-corrected chi connectivity index (χ4v) is 3.93. The number of hydrogen-bond donors (Lipinski definition) is 3. The van der Waals surface area contributed by atoms with E-state index in [4.69, 9.17) is 5.73 Å². The van der Waals surface area contributed by atoms with Crippen LogP contribution in [0.5, 0.6) is 0 Å². The zero-order valence-electron chi connectivity index (χ0n) is 13.6. The predicted molar refractivity (Wildman–Crippen MR) is 101 cm³/mol. The van der Waals surface area contributed by atoms with E-state index in [1.165, 1.54) is 6.33 Å². The number of H-pyrrole nitrogens is 1. The number of thioether (sulfide) groups is 1. The number of imidazole rings is 1. The van der Waals surface area contributed by atoms with E-state index >= 15 is 0 Å². The molecule has 1 fully saturated rings. The van der Waals surface area contributed by atoms with Crippen LogP contribution in [0.1, 0.15) is 19.3 Å². The van der Waals surface area contributed by atoms with E-state index < -0.39 is 0 Å². The molecule has 25 heavy (non-hydrogen) atoms. The molecule has 2 aliphatic rings. The maximum Gasteiger partial charge on any atom is 0.259 e. The van der Waals surface area contributed by atoms with Gasteiger partial charge in [-0.15, -0.1) is 24.2 Å². The molecule has 4 rings (SSSR count). The smallest absolute Gasteiger partial charge is 0.259 e. The number of aromatic nitrogens is 4. The maximum atomic E-state index is 12.6.